The van der Waals surface area contributed by atoms with Crippen molar-refractivity contribution >= 4 is 0 Å². The number of aryl methyl sites for hydroxylation is 2. The van der Waals surface area contributed by atoms with Crippen LogP contribution in [0.15, 0.2) is 6.20 Å². The fourth-order valence-electron chi connectivity index (χ4n) is 0.588. The largest absolute Gasteiger partial charge is 0.205 e. The van der Waals surface area contributed by atoms with Crippen LogP contribution in [0, 0.1) is 19.7 Å². The van der Waals surface area contributed by atoms with Gasteiger partial charge in [-0.3, -0.25) is 0 Å². The number of aromatic nitrogens is 2. The molecule has 0 fully saturated rings. The molecule has 0 aliphatic rings. The average molecular weight is 126 g/mol. The number of hydrogen-bond donors (Lipinski definition) is 0. The molecule has 0 saturated heterocycles. The van der Waals surface area contributed by atoms with E-state index >= 15 is 0 Å². The first kappa shape index (κ1) is 6.13. The van der Waals surface area contributed by atoms with Gasteiger partial charge in [0, 0.05) is 5.56 Å². The van der Waals surface area contributed by atoms with E-state index in [2.05, 4.69) is 10.2 Å². The van der Waals surface area contributed by atoms with Crippen molar-refractivity contribution in [1.82, 2.24) is 10.2 Å². The Morgan fingerprint density at radius 3 is 2.56 bits per heavy atom. The highest BCUT2D eigenvalue weighted by Gasteiger charge is 1.99. The molecule has 0 radical (unpaired) electrons. The van der Waals surface area contributed by atoms with Crippen LogP contribution in [-0.2, 0) is 0 Å². The van der Waals surface area contributed by atoms with E-state index in [4.69, 9.17) is 0 Å². The quantitative estimate of drug-likeness (QED) is 0.522. The second-order valence-corrected chi connectivity index (χ2v) is 1.93. The van der Waals surface area contributed by atoms with Crippen molar-refractivity contribution in [2.75, 3.05) is 0 Å². The van der Waals surface area contributed by atoms with Crippen molar-refractivity contribution in [3.05, 3.63) is 23.3 Å². The van der Waals surface area contributed by atoms with Crippen LogP contribution in [0.3, 0.4) is 0 Å². The van der Waals surface area contributed by atoms with Gasteiger partial charge in [0.2, 0.25) is 0 Å². The first-order valence-corrected chi connectivity index (χ1v) is 2.66. The van der Waals surface area contributed by atoms with E-state index in [1.807, 2.05) is 0 Å². The maximum atomic E-state index is 12.6. The van der Waals surface area contributed by atoms with Gasteiger partial charge in [0.15, 0.2) is 5.82 Å². The van der Waals surface area contributed by atoms with E-state index in [1.54, 1.807) is 13.8 Å². The predicted molar refractivity (Wildman–Crippen MR) is 31.5 cm³/mol. The summed E-state index contributed by atoms with van der Waals surface area (Å²) in [6.07, 6.45) is 1.41. The Hall–Kier alpha value is -0.990. The summed E-state index contributed by atoms with van der Waals surface area (Å²) in [6.45, 7) is 3.26. The van der Waals surface area contributed by atoms with E-state index in [-0.39, 0.29) is 5.82 Å². The van der Waals surface area contributed by atoms with Gasteiger partial charge in [-0.15, -0.1) is 0 Å². The summed E-state index contributed by atoms with van der Waals surface area (Å²) in [5.74, 6) is -0.259. The maximum Gasteiger partial charge on any atom is 0.150 e. The molecule has 9 heavy (non-hydrogen) atoms. The third-order valence-corrected chi connectivity index (χ3v) is 1.12. The molecule has 0 aliphatic heterocycles. The van der Waals surface area contributed by atoms with Crippen LogP contribution < -0.4 is 0 Å². The normalized spacial score (nSPS) is 9.67. The van der Waals surface area contributed by atoms with Gasteiger partial charge in [0.05, 0.1) is 11.9 Å². The van der Waals surface area contributed by atoms with Crippen molar-refractivity contribution in [1.29, 1.82) is 0 Å². The van der Waals surface area contributed by atoms with Crippen LogP contribution in [-0.4, -0.2) is 10.2 Å². The molecule has 0 saturated carbocycles. The van der Waals surface area contributed by atoms with Crippen LogP contribution in [0.4, 0.5) is 4.39 Å². The zero-order valence-corrected chi connectivity index (χ0v) is 5.35. The fraction of sp³-hybridized carbons (Fsp3) is 0.333. The van der Waals surface area contributed by atoms with Gasteiger partial charge in [-0.2, -0.15) is 10.2 Å². The highest BCUT2D eigenvalue weighted by molar-refractivity contribution is 5.12. The van der Waals surface area contributed by atoms with Crippen molar-refractivity contribution in [3.63, 3.8) is 0 Å². The second-order valence-electron chi connectivity index (χ2n) is 1.93. The number of rotatable bonds is 0. The summed E-state index contributed by atoms with van der Waals surface area (Å²) in [6, 6.07) is 0. The van der Waals surface area contributed by atoms with Crippen LogP contribution in [0.25, 0.3) is 0 Å². The smallest absolute Gasteiger partial charge is 0.150 e. The zero-order chi connectivity index (χ0) is 6.85. The molecule has 0 bridgehead atoms. The first-order valence-electron chi connectivity index (χ1n) is 2.66. The van der Waals surface area contributed by atoms with Gasteiger partial charge in [0.25, 0.3) is 0 Å². The van der Waals surface area contributed by atoms with Crippen LogP contribution in [0.5, 0.6) is 0 Å². The van der Waals surface area contributed by atoms with Gasteiger partial charge >= 0.3 is 0 Å². The van der Waals surface area contributed by atoms with E-state index in [9.17, 15) is 4.39 Å². The van der Waals surface area contributed by atoms with E-state index < -0.39 is 0 Å². The minimum Gasteiger partial charge on any atom is -0.205 e. The number of nitrogens with zero attached hydrogens (tertiary/aromatic N) is 2. The average Bonchev–Trinajstić information content (AvgIpc) is 1.83. The lowest BCUT2D eigenvalue weighted by Gasteiger charge is -1.94. The van der Waals surface area contributed by atoms with Crippen LogP contribution in [0.1, 0.15) is 11.3 Å². The lowest BCUT2D eigenvalue weighted by atomic mass is 10.3. The highest BCUT2D eigenvalue weighted by atomic mass is 19.1. The number of hydrogen-bond acceptors (Lipinski definition) is 2. The molecule has 0 aromatic carbocycles. The van der Waals surface area contributed by atoms with Gasteiger partial charge in [-0.1, -0.05) is 0 Å². The summed E-state index contributed by atoms with van der Waals surface area (Å²) in [7, 11) is 0. The highest BCUT2D eigenvalue weighted by Crippen LogP contribution is 2.04. The molecule has 1 aromatic rings. The lowest BCUT2D eigenvalue weighted by Crippen LogP contribution is -1.93. The molecule has 0 N–H and O–H groups in total. The van der Waals surface area contributed by atoms with E-state index in [0.29, 0.717) is 11.3 Å². The summed E-state index contributed by atoms with van der Waals surface area (Å²) >= 11 is 0. The Kier molecular flexibility index (Phi) is 1.42. The summed E-state index contributed by atoms with van der Waals surface area (Å²) in [5, 5.41) is 7.07. The first-order chi connectivity index (χ1) is 4.22. The monoisotopic (exact) mass is 126 g/mol. The van der Waals surface area contributed by atoms with Gasteiger partial charge in [-0.25, -0.2) is 4.39 Å². The van der Waals surface area contributed by atoms with Crippen molar-refractivity contribution in [2.45, 2.75) is 13.8 Å². The molecular weight excluding hydrogens is 119 g/mol. The van der Waals surface area contributed by atoms with Crippen molar-refractivity contribution in [2.24, 2.45) is 0 Å². The predicted octanol–water partition coefficient (Wildman–Crippen LogP) is 1.23. The Bertz CT molecular complexity index is 202. The molecule has 3 heteroatoms. The standard InChI is InChI=1S/C6H7FN2/c1-4-3-8-9-5(2)6(4)7/h3H,1-2H3. The second kappa shape index (κ2) is 2.09. The molecule has 0 spiro atoms. The Morgan fingerprint density at radius 1 is 1.44 bits per heavy atom. The minimum absolute atomic E-state index is 0.259. The van der Waals surface area contributed by atoms with Gasteiger partial charge in [0.1, 0.15) is 0 Å². The maximum absolute atomic E-state index is 12.6. The lowest BCUT2D eigenvalue weighted by molar-refractivity contribution is 0.591. The summed E-state index contributed by atoms with van der Waals surface area (Å²) in [4.78, 5) is 0. The van der Waals surface area contributed by atoms with Crippen LogP contribution >= 0.6 is 0 Å². The van der Waals surface area contributed by atoms with Gasteiger partial charge in [-0.05, 0) is 13.8 Å². The third-order valence-electron chi connectivity index (χ3n) is 1.12. The molecule has 0 unspecified atom stereocenters. The zero-order valence-electron chi connectivity index (χ0n) is 5.35. The minimum atomic E-state index is -0.259. The molecule has 0 aliphatic carbocycles. The third kappa shape index (κ3) is 1.04. The Labute approximate surface area is 52.7 Å². The molecule has 0 atom stereocenters. The summed E-state index contributed by atoms with van der Waals surface area (Å²) in [5.41, 5.74) is 0.900. The Morgan fingerprint density at radius 2 is 2.11 bits per heavy atom. The van der Waals surface area contributed by atoms with Crippen molar-refractivity contribution in [3.8, 4) is 0 Å². The molecule has 48 valence electrons. The van der Waals surface area contributed by atoms with E-state index in [0.717, 1.165) is 0 Å². The molecule has 0 amide bonds. The number of halogens is 1. The van der Waals surface area contributed by atoms with Gasteiger partial charge < -0.3 is 0 Å². The van der Waals surface area contributed by atoms with Crippen LogP contribution in [0.2, 0.25) is 0 Å². The molecular formula is C6H7FN2. The summed E-state index contributed by atoms with van der Waals surface area (Å²) < 4.78 is 12.6. The topological polar surface area (TPSA) is 25.8 Å². The van der Waals surface area contributed by atoms with Crippen molar-refractivity contribution < 1.29 is 4.39 Å². The van der Waals surface area contributed by atoms with E-state index in [1.165, 1.54) is 6.20 Å². The molecule has 1 rings (SSSR count). The fourth-order valence-corrected chi connectivity index (χ4v) is 0.588. The molecule has 1 heterocycles. The molecule has 1 aromatic heterocycles. The SMILES string of the molecule is Cc1cnnc(C)c1F. The Balaban J connectivity index is 3.25. The molecule has 2 nitrogen and oxygen atoms in total.